The molecular formula is C23H27ClN2O5S. The minimum Gasteiger partial charge on any atom is -0.463 e. The molecule has 0 aromatic heterocycles. The number of rotatable bonds is 7. The predicted molar refractivity (Wildman–Crippen MR) is 124 cm³/mol. The maximum absolute atomic E-state index is 13.1. The van der Waals surface area contributed by atoms with Gasteiger partial charge in [0.2, 0.25) is 10.0 Å². The molecule has 0 bridgehead atoms. The van der Waals surface area contributed by atoms with Crippen LogP contribution in [0.3, 0.4) is 0 Å². The van der Waals surface area contributed by atoms with E-state index in [1.807, 2.05) is 0 Å². The van der Waals surface area contributed by atoms with Gasteiger partial charge in [0.25, 0.3) is 5.91 Å². The van der Waals surface area contributed by atoms with E-state index in [2.05, 4.69) is 5.32 Å². The monoisotopic (exact) mass is 478 g/mol. The molecule has 0 radical (unpaired) electrons. The fraction of sp³-hybridized carbons (Fsp3) is 0.391. The lowest BCUT2D eigenvalue weighted by Crippen LogP contribution is -2.35. The van der Waals surface area contributed by atoms with E-state index in [0.717, 1.165) is 5.56 Å². The van der Waals surface area contributed by atoms with Crippen LogP contribution in [-0.2, 0) is 26.0 Å². The van der Waals surface area contributed by atoms with Crippen molar-refractivity contribution < 1.29 is 22.7 Å². The minimum absolute atomic E-state index is 0.0690. The quantitative estimate of drug-likeness (QED) is 0.610. The van der Waals surface area contributed by atoms with Crippen molar-refractivity contribution in [2.45, 2.75) is 45.3 Å². The zero-order chi connectivity index (χ0) is 23.5. The Bertz CT molecular complexity index is 1120. The van der Waals surface area contributed by atoms with Gasteiger partial charge in [0.15, 0.2) is 0 Å². The number of anilines is 1. The fourth-order valence-electron chi connectivity index (χ4n) is 3.76. The third-order valence-electron chi connectivity index (χ3n) is 5.14. The van der Waals surface area contributed by atoms with Crippen molar-refractivity contribution in [2.75, 3.05) is 17.1 Å². The largest absolute Gasteiger partial charge is 0.463 e. The number of sulfonamides is 1. The van der Waals surface area contributed by atoms with Crippen molar-refractivity contribution in [1.82, 2.24) is 5.32 Å². The van der Waals surface area contributed by atoms with E-state index in [1.54, 1.807) is 56.3 Å². The molecule has 0 saturated heterocycles. The van der Waals surface area contributed by atoms with Crippen molar-refractivity contribution >= 4 is 39.2 Å². The first-order chi connectivity index (χ1) is 15.1. The first-order valence-corrected chi connectivity index (χ1v) is 12.6. The van der Waals surface area contributed by atoms with Gasteiger partial charge in [-0.15, -0.1) is 0 Å². The number of fused-ring (bicyclic) bond motifs is 1. The highest BCUT2D eigenvalue weighted by Crippen LogP contribution is 2.31. The second kappa shape index (κ2) is 9.92. The molecule has 2 aromatic carbocycles. The van der Waals surface area contributed by atoms with E-state index in [1.165, 1.54) is 10.6 Å². The van der Waals surface area contributed by atoms with E-state index >= 15 is 0 Å². The van der Waals surface area contributed by atoms with Crippen LogP contribution in [0, 0.1) is 0 Å². The average molecular weight is 479 g/mol. The lowest BCUT2D eigenvalue weighted by atomic mass is 9.99. The zero-order valence-electron chi connectivity index (χ0n) is 18.3. The van der Waals surface area contributed by atoms with E-state index in [0.29, 0.717) is 41.2 Å². The number of nitrogens with one attached hydrogen (secondary N) is 1. The summed E-state index contributed by atoms with van der Waals surface area (Å²) >= 11 is 6.33. The molecule has 1 N–H and O–H groups in total. The molecule has 0 spiro atoms. The summed E-state index contributed by atoms with van der Waals surface area (Å²) in [5.74, 6) is -0.828. The highest BCUT2D eigenvalue weighted by atomic mass is 35.5. The Morgan fingerprint density at radius 2 is 1.91 bits per heavy atom. The van der Waals surface area contributed by atoms with Gasteiger partial charge >= 0.3 is 5.97 Å². The van der Waals surface area contributed by atoms with Gasteiger partial charge in [-0.25, -0.2) is 8.42 Å². The van der Waals surface area contributed by atoms with E-state index in [-0.39, 0.29) is 18.4 Å². The van der Waals surface area contributed by atoms with Gasteiger partial charge in [0.05, 0.1) is 30.5 Å². The lowest BCUT2D eigenvalue weighted by molar-refractivity contribution is -0.147. The summed E-state index contributed by atoms with van der Waals surface area (Å²) in [6.07, 6.45) is 2.18. The third-order valence-corrected chi connectivity index (χ3v) is 6.67. The summed E-state index contributed by atoms with van der Waals surface area (Å²) in [6.45, 7) is 3.94. The summed E-state index contributed by atoms with van der Waals surface area (Å²) in [7, 11) is -3.39. The topological polar surface area (TPSA) is 92.8 Å². The summed E-state index contributed by atoms with van der Waals surface area (Å²) in [5.41, 5.74) is 2.39. The van der Waals surface area contributed by atoms with Gasteiger partial charge < -0.3 is 10.1 Å². The number of benzene rings is 2. The van der Waals surface area contributed by atoms with Crippen LogP contribution >= 0.6 is 11.6 Å². The summed E-state index contributed by atoms with van der Waals surface area (Å²) in [6, 6.07) is 11.3. The highest BCUT2D eigenvalue weighted by Gasteiger charge is 2.26. The first-order valence-electron chi connectivity index (χ1n) is 10.4. The molecular weight excluding hydrogens is 452 g/mol. The van der Waals surface area contributed by atoms with Crippen LogP contribution < -0.4 is 9.62 Å². The number of hydrogen-bond donors (Lipinski definition) is 1. The van der Waals surface area contributed by atoms with Gasteiger partial charge in [-0.2, -0.15) is 0 Å². The maximum Gasteiger partial charge on any atom is 0.308 e. The minimum atomic E-state index is -3.39. The smallest absolute Gasteiger partial charge is 0.308 e. The Kier molecular flexibility index (Phi) is 7.46. The lowest BCUT2D eigenvalue weighted by Gasteiger charge is -2.29. The number of aryl methyl sites for hydroxylation is 1. The fourth-order valence-corrected chi connectivity index (χ4v) is 5.03. The second-order valence-electron chi connectivity index (χ2n) is 8.07. The molecule has 1 aliphatic rings. The number of ether oxygens (including phenoxy) is 1. The maximum atomic E-state index is 13.1. The molecule has 0 aliphatic carbocycles. The number of esters is 1. The van der Waals surface area contributed by atoms with E-state index in [4.69, 9.17) is 16.3 Å². The van der Waals surface area contributed by atoms with Crippen molar-refractivity contribution in [1.29, 1.82) is 0 Å². The average Bonchev–Trinajstić information content (AvgIpc) is 2.71. The first kappa shape index (κ1) is 24.1. The number of amides is 1. The van der Waals surface area contributed by atoms with E-state index < -0.39 is 22.0 Å². The molecule has 1 amide bonds. The standard InChI is InChI=1S/C23H27ClN2O5S/c1-15(2)31-22(27)14-20(18-8-4-5-9-19(18)24)25-23(28)17-10-11-21-16(13-17)7-6-12-26(21)32(3,29)30/h4-5,8-11,13,15,20H,6-7,12,14H2,1-3H3,(H,25,28). The molecule has 0 fully saturated rings. The summed E-state index contributed by atoms with van der Waals surface area (Å²) in [4.78, 5) is 25.4. The molecule has 172 valence electrons. The van der Waals surface area contributed by atoms with Crippen molar-refractivity contribution in [3.63, 3.8) is 0 Å². The van der Waals surface area contributed by atoms with Gasteiger partial charge in [-0.1, -0.05) is 29.8 Å². The van der Waals surface area contributed by atoms with Gasteiger partial charge in [-0.3, -0.25) is 13.9 Å². The highest BCUT2D eigenvalue weighted by molar-refractivity contribution is 7.92. The van der Waals surface area contributed by atoms with Crippen molar-refractivity contribution in [3.05, 3.63) is 64.2 Å². The SMILES string of the molecule is CC(C)OC(=O)CC(NC(=O)c1ccc2c(c1)CCCN2S(C)(=O)=O)c1ccccc1Cl. The molecule has 0 saturated carbocycles. The molecule has 1 heterocycles. The zero-order valence-corrected chi connectivity index (χ0v) is 19.9. The molecule has 7 nitrogen and oxygen atoms in total. The normalized spacial score (nSPS) is 14.6. The van der Waals surface area contributed by atoms with E-state index in [9.17, 15) is 18.0 Å². The Labute approximate surface area is 193 Å². The Hall–Kier alpha value is -2.58. The molecule has 3 rings (SSSR count). The number of halogens is 1. The number of hydrogen-bond acceptors (Lipinski definition) is 5. The van der Waals surface area contributed by atoms with Crippen LogP contribution in [0.1, 0.15) is 54.2 Å². The molecule has 32 heavy (non-hydrogen) atoms. The van der Waals surface area contributed by atoms with Gasteiger partial charge in [0, 0.05) is 17.1 Å². The van der Waals surface area contributed by atoms with Crippen LogP contribution in [0.25, 0.3) is 0 Å². The molecule has 9 heteroatoms. The molecule has 1 aliphatic heterocycles. The van der Waals surface area contributed by atoms with Gasteiger partial charge in [-0.05, 0) is 62.1 Å². The third kappa shape index (κ3) is 5.81. The molecule has 1 atom stereocenters. The van der Waals surface area contributed by atoms with Crippen molar-refractivity contribution in [2.24, 2.45) is 0 Å². The summed E-state index contributed by atoms with van der Waals surface area (Å²) < 4.78 is 30.8. The Balaban J connectivity index is 1.86. The van der Waals surface area contributed by atoms with Crippen LogP contribution in [0.5, 0.6) is 0 Å². The Morgan fingerprint density at radius 3 is 2.56 bits per heavy atom. The molecule has 1 unspecified atom stereocenters. The van der Waals surface area contributed by atoms with Crippen LogP contribution in [0.4, 0.5) is 5.69 Å². The number of carbonyl (C=O) groups is 2. The van der Waals surface area contributed by atoms with Gasteiger partial charge in [0.1, 0.15) is 0 Å². The number of carbonyl (C=O) groups excluding carboxylic acids is 2. The van der Waals surface area contributed by atoms with Crippen LogP contribution in [-0.4, -0.2) is 39.2 Å². The second-order valence-corrected chi connectivity index (χ2v) is 10.4. The number of nitrogens with zero attached hydrogens (tertiary/aromatic N) is 1. The van der Waals surface area contributed by atoms with Crippen LogP contribution in [0.2, 0.25) is 5.02 Å². The Morgan fingerprint density at radius 1 is 1.19 bits per heavy atom. The predicted octanol–water partition coefficient (Wildman–Crippen LogP) is 3.87. The van der Waals surface area contributed by atoms with Crippen LogP contribution in [0.15, 0.2) is 42.5 Å². The molecule has 2 aromatic rings. The van der Waals surface area contributed by atoms with Crippen molar-refractivity contribution in [3.8, 4) is 0 Å². The summed E-state index contributed by atoms with van der Waals surface area (Å²) in [5, 5.41) is 3.32.